The van der Waals surface area contributed by atoms with Crippen molar-refractivity contribution >= 4 is 5.97 Å². The number of carbonyl (C=O) groups is 1. The molecule has 1 aromatic rings. The third kappa shape index (κ3) is 3.09. The molecule has 1 aromatic heterocycles. The molecule has 0 radical (unpaired) electrons. The molecule has 0 amide bonds. The van der Waals surface area contributed by atoms with Gasteiger partial charge in [0.1, 0.15) is 0 Å². The second-order valence-corrected chi connectivity index (χ2v) is 4.21. The molecule has 1 rings (SSSR count). The minimum Gasteiger partial charge on any atom is -0.472 e. The van der Waals surface area contributed by atoms with Crippen molar-refractivity contribution < 1.29 is 13.9 Å². The molecule has 0 fully saturated rings. The van der Waals surface area contributed by atoms with Crippen molar-refractivity contribution in [3.05, 3.63) is 24.2 Å². The second-order valence-electron chi connectivity index (χ2n) is 4.21. The maximum Gasteiger partial charge on any atom is 0.306 e. The van der Waals surface area contributed by atoms with Gasteiger partial charge in [0.05, 0.1) is 26.1 Å². The molecule has 0 spiro atoms. The largest absolute Gasteiger partial charge is 0.472 e. The summed E-state index contributed by atoms with van der Waals surface area (Å²) in [6.07, 6.45) is 3.45. The monoisotopic (exact) mass is 211 g/mol. The summed E-state index contributed by atoms with van der Waals surface area (Å²) in [6.45, 7) is 3.77. The van der Waals surface area contributed by atoms with Crippen molar-refractivity contribution in [2.75, 3.05) is 7.11 Å². The molecule has 0 aromatic carbocycles. The standard InChI is InChI=1S/C11H17NO3/c1-11(2,12)9(6-10(13)14-3)8-4-5-15-7-8/h4-5,7,9H,6,12H2,1-3H3. The molecule has 0 aliphatic carbocycles. The molecule has 4 heteroatoms. The quantitative estimate of drug-likeness (QED) is 0.769. The van der Waals surface area contributed by atoms with Gasteiger partial charge < -0.3 is 14.9 Å². The Morgan fingerprint density at radius 1 is 1.67 bits per heavy atom. The van der Waals surface area contributed by atoms with E-state index in [-0.39, 0.29) is 18.3 Å². The summed E-state index contributed by atoms with van der Waals surface area (Å²) in [6, 6.07) is 1.82. The number of rotatable bonds is 4. The fraction of sp³-hybridized carbons (Fsp3) is 0.545. The Labute approximate surface area is 89.4 Å². The number of hydrogen-bond donors (Lipinski definition) is 1. The van der Waals surface area contributed by atoms with E-state index in [0.29, 0.717) is 0 Å². The average Bonchev–Trinajstić information content (AvgIpc) is 2.64. The van der Waals surface area contributed by atoms with Crippen molar-refractivity contribution in [3.8, 4) is 0 Å². The van der Waals surface area contributed by atoms with Crippen molar-refractivity contribution in [3.63, 3.8) is 0 Å². The number of hydrogen-bond acceptors (Lipinski definition) is 4. The van der Waals surface area contributed by atoms with Crippen LogP contribution in [0.25, 0.3) is 0 Å². The summed E-state index contributed by atoms with van der Waals surface area (Å²) in [5, 5.41) is 0. The molecule has 0 saturated heterocycles. The van der Waals surface area contributed by atoms with E-state index in [9.17, 15) is 4.79 Å². The summed E-state index contributed by atoms with van der Waals surface area (Å²) in [7, 11) is 1.37. The van der Waals surface area contributed by atoms with Crippen molar-refractivity contribution in [2.45, 2.75) is 31.7 Å². The van der Waals surface area contributed by atoms with E-state index in [1.807, 2.05) is 19.9 Å². The summed E-state index contributed by atoms with van der Waals surface area (Å²) in [5.74, 6) is -0.358. The Morgan fingerprint density at radius 3 is 2.73 bits per heavy atom. The molecule has 0 aliphatic rings. The highest BCUT2D eigenvalue weighted by Crippen LogP contribution is 2.30. The third-order valence-electron chi connectivity index (χ3n) is 2.44. The zero-order chi connectivity index (χ0) is 11.5. The Kier molecular flexibility index (Phi) is 3.52. The smallest absolute Gasteiger partial charge is 0.306 e. The fourth-order valence-electron chi connectivity index (χ4n) is 1.53. The van der Waals surface area contributed by atoms with E-state index in [1.165, 1.54) is 7.11 Å². The molecule has 2 N–H and O–H groups in total. The number of carbonyl (C=O) groups excluding carboxylic acids is 1. The van der Waals surface area contributed by atoms with Gasteiger partial charge in [0.2, 0.25) is 0 Å². The number of nitrogens with two attached hydrogens (primary N) is 1. The summed E-state index contributed by atoms with van der Waals surface area (Å²) in [4.78, 5) is 11.3. The van der Waals surface area contributed by atoms with Crippen molar-refractivity contribution in [2.24, 2.45) is 5.73 Å². The zero-order valence-electron chi connectivity index (χ0n) is 9.32. The molecule has 1 unspecified atom stereocenters. The lowest BCUT2D eigenvalue weighted by Gasteiger charge is -2.28. The van der Waals surface area contributed by atoms with Gasteiger partial charge in [-0.15, -0.1) is 0 Å². The van der Waals surface area contributed by atoms with Gasteiger partial charge in [-0.2, -0.15) is 0 Å². The van der Waals surface area contributed by atoms with Crippen LogP contribution in [0.15, 0.2) is 23.0 Å². The normalized spacial score (nSPS) is 13.6. The number of methoxy groups -OCH3 is 1. The van der Waals surface area contributed by atoms with Crippen molar-refractivity contribution in [1.82, 2.24) is 0 Å². The number of furan rings is 1. The van der Waals surface area contributed by atoms with E-state index in [2.05, 4.69) is 4.74 Å². The van der Waals surface area contributed by atoms with E-state index in [4.69, 9.17) is 10.2 Å². The first-order valence-corrected chi connectivity index (χ1v) is 4.83. The molecule has 0 aliphatic heterocycles. The van der Waals surface area contributed by atoms with Crippen LogP contribution in [0.5, 0.6) is 0 Å². The van der Waals surface area contributed by atoms with E-state index >= 15 is 0 Å². The first-order chi connectivity index (χ1) is 6.95. The van der Waals surface area contributed by atoms with Crippen LogP contribution in [0.1, 0.15) is 31.7 Å². The predicted octanol–water partition coefficient (Wildman–Crippen LogP) is 1.66. The first kappa shape index (κ1) is 11.8. The van der Waals surface area contributed by atoms with E-state index in [0.717, 1.165) is 5.56 Å². The summed E-state index contributed by atoms with van der Waals surface area (Å²) in [5.41, 5.74) is 6.46. The van der Waals surface area contributed by atoms with E-state index in [1.54, 1.807) is 12.5 Å². The highest BCUT2D eigenvalue weighted by Gasteiger charge is 2.30. The SMILES string of the molecule is COC(=O)CC(c1ccoc1)C(C)(C)N. The maximum absolute atomic E-state index is 11.3. The summed E-state index contributed by atoms with van der Waals surface area (Å²) < 4.78 is 9.65. The van der Waals surface area contributed by atoms with Gasteiger partial charge in [-0.3, -0.25) is 4.79 Å². The first-order valence-electron chi connectivity index (χ1n) is 4.83. The van der Waals surface area contributed by atoms with Gasteiger partial charge in [0.25, 0.3) is 0 Å². The van der Waals surface area contributed by atoms with Crippen LogP contribution in [-0.4, -0.2) is 18.6 Å². The maximum atomic E-state index is 11.3. The second kappa shape index (κ2) is 4.49. The lowest BCUT2D eigenvalue weighted by Crippen LogP contribution is -2.40. The van der Waals surface area contributed by atoms with Gasteiger partial charge in [-0.25, -0.2) is 0 Å². The van der Waals surface area contributed by atoms with Crippen LogP contribution in [0.4, 0.5) is 0 Å². The lowest BCUT2D eigenvalue weighted by molar-refractivity contribution is -0.141. The van der Waals surface area contributed by atoms with Gasteiger partial charge in [-0.05, 0) is 25.5 Å². The molecule has 0 bridgehead atoms. The van der Waals surface area contributed by atoms with Gasteiger partial charge in [-0.1, -0.05) is 0 Å². The molecule has 84 valence electrons. The van der Waals surface area contributed by atoms with Crippen molar-refractivity contribution in [1.29, 1.82) is 0 Å². The Balaban J connectivity index is 2.85. The minimum absolute atomic E-state index is 0.0938. The Hall–Kier alpha value is -1.29. The third-order valence-corrected chi connectivity index (χ3v) is 2.44. The minimum atomic E-state index is -0.488. The lowest BCUT2D eigenvalue weighted by atomic mass is 9.81. The highest BCUT2D eigenvalue weighted by atomic mass is 16.5. The van der Waals surface area contributed by atoms with Gasteiger partial charge in [0, 0.05) is 11.5 Å². The average molecular weight is 211 g/mol. The van der Waals surface area contributed by atoms with Crippen LogP contribution in [0, 0.1) is 0 Å². The van der Waals surface area contributed by atoms with Crippen LogP contribution in [0.2, 0.25) is 0 Å². The predicted molar refractivity (Wildman–Crippen MR) is 56.3 cm³/mol. The number of ether oxygens (including phenoxy) is 1. The van der Waals surface area contributed by atoms with Gasteiger partial charge in [0.15, 0.2) is 0 Å². The van der Waals surface area contributed by atoms with Crippen LogP contribution < -0.4 is 5.73 Å². The molecule has 15 heavy (non-hydrogen) atoms. The molecular weight excluding hydrogens is 194 g/mol. The van der Waals surface area contributed by atoms with E-state index < -0.39 is 5.54 Å². The molecule has 0 saturated carbocycles. The van der Waals surface area contributed by atoms with Crippen LogP contribution in [-0.2, 0) is 9.53 Å². The molecule has 4 nitrogen and oxygen atoms in total. The number of esters is 1. The molecule has 1 atom stereocenters. The highest BCUT2D eigenvalue weighted by molar-refractivity contribution is 5.70. The molecule has 1 heterocycles. The topological polar surface area (TPSA) is 65.5 Å². The van der Waals surface area contributed by atoms with Crippen LogP contribution >= 0.6 is 0 Å². The van der Waals surface area contributed by atoms with Gasteiger partial charge >= 0.3 is 5.97 Å². The fourth-order valence-corrected chi connectivity index (χ4v) is 1.53. The summed E-state index contributed by atoms with van der Waals surface area (Å²) >= 11 is 0. The zero-order valence-corrected chi connectivity index (χ0v) is 9.32. The Morgan fingerprint density at radius 2 is 2.33 bits per heavy atom. The van der Waals surface area contributed by atoms with Crippen LogP contribution in [0.3, 0.4) is 0 Å². The Bertz CT molecular complexity index is 311. The molecular formula is C11H17NO3.